The minimum Gasteiger partial charge on any atom is -0.399 e. The topological polar surface area (TPSA) is 83.6 Å². The van der Waals surface area contributed by atoms with Crippen molar-refractivity contribution in [2.45, 2.75) is 24.2 Å². The first kappa shape index (κ1) is 15.9. The summed E-state index contributed by atoms with van der Waals surface area (Å²) in [4.78, 5) is -0.369. The lowest BCUT2D eigenvalue weighted by Crippen LogP contribution is -2.28. The molecule has 1 rings (SSSR count). The van der Waals surface area contributed by atoms with Crippen molar-refractivity contribution < 1.29 is 17.9 Å². The van der Waals surface area contributed by atoms with Crippen LogP contribution in [0.15, 0.2) is 23.1 Å². The van der Waals surface area contributed by atoms with Gasteiger partial charge in [0.25, 0.3) is 0 Å². The van der Waals surface area contributed by atoms with Crippen LogP contribution in [-0.4, -0.2) is 38.0 Å². The monoisotopic (exact) mass is 290 g/mol. The van der Waals surface area contributed by atoms with Crippen LogP contribution in [0.1, 0.15) is 19.3 Å². The van der Waals surface area contributed by atoms with E-state index in [1.807, 2.05) is 0 Å². The molecule has 3 N–H and O–H groups in total. The average molecular weight is 290 g/mol. The quantitative estimate of drug-likeness (QED) is 0.583. The second-order valence-corrected chi connectivity index (χ2v) is 6.31. The van der Waals surface area contributed by atoms with Gasteiger partial charge in [-0.2, -0.15) is 0 Å². The molecule has 0 aliphatic rings. The summed E-state index contributed by atoms with van der Waals surface area (Å²) in [5, 5.41) is 8.64. The van der Waals surface area contributed by atoms with Crippen LogP contribution < -0.4 is 5.73 Å². The molecule has 1 aromatic carbocycles. The first-order valence-electron chi connectivity index (χ1n) is 6.02. The van der Waals surface area contributed by atoms with E-state index in [9.17, 15) is 12.8 Å². The summed E-state index contributed by atoms with van der Waals surface area (Å²) < 4.78 is 39.0. The van der Waals surface area contributed by atoms with Crippen LogP contribution in [0.25, 0.3) is 0 Å². The van der Waals surface area contributed by atoms with E-state index in [0.29, 0.717) is 12.8 Å². The number of sulfonamides is 1. The highest BCUT2D eigenvalue weighted by Crippen LogP contribution is 2.20. The lowest BCUT2D eigenvalue weighted by molar-refractivity contribution is 0.281. The van der Waals surface area contributed by atoms with Crippen molar-refractivity contribution >= 4 is 15.7 Å². The molecule has 0 fully saturated rings. The van der Waals surface area contributed by atoms with Crippen molar-refractivity contribution in [3.63, 3.8) is 0 Å². The molecule has 0 spiro atoms. The Labute approximate surface area is 112 Å². The molecule has 0 aliphatic carbocycles. The van der Waals surface area contributed by atoms with Gasteiger partial charge < -0.3 is 10.8 Å². The molecule has 0 radical (unpaired) electrons. The van der Waals surface area contributed by atoms with Crippen molar-refractivity contribution in [1.82, 2.24) is 4.31 Å². The van der Waals surface area contributed by atoms with Gasteiger partial charge in [0.2, 0.25) is 10.0 Å². The number of hydrogen-bond acceptors (Lipinski definition) is 4. The number of aliphatic hydroxyl groups is 1. The lowest BCUT2D eigenvalue weighted by Gasteiger charge is -2.17. The first-order chi connectivity index (χ1) is 8.89. The third kappa shape index (κ3) is 4.15. The highest BCUT2D eigenvalue weighted by Gasteiger charge is 2.23. The minimum atomic E-state index is -3.83. The standard InChI is InChI=1S/C12H19FN2O3S/c1-15(7-3-2-4-8-16)19(17,18)12-6-5-10(14)9-11(12)13/h5-6,9,16H,2-4,7-8,14H2,1H3. The zero-order valence-electron chi connectivity index (χ0n) is 10.8. The maximum Gasteiger partial charge on any atom is 0.245 e. The van der Waals surface area contributed by atoms with Gasteiger partial charge in [0.05, 0.1) is 0 Å². The van der Waals surface area contributed by atoms with E-state index < -0.39 is 15.8 Å². The van der Waals surface area contributed by atoms with Crippen molar-refractivity contribution in [2.24, 2.45) is 0 Å². The number of rotatable bonds is 7. The largest absolute Gasteiger partial charge is 0.399 e. The van der Waals surface area contributed by atoms with Crippen molar-refractivity contribution in [2.75, 3.05) is 25.9 Å². The third-order valence-corrected chi connectivity index (χ3v) is 4.67. The van der Waals surface area contributed by atoms with Crippen molar-refractivity contribution in [1.29, 1.82) is 0 Å². The van der Waals surface area contributed by atoms with Crippen LogP contribution in [0.5, 0.6) is 0 Å². The molecule has 0 aliphatic heterocycles. The highest BCUT2D eigenvalue weighted by atomic mass is 32.2. The Kier molecular flexibility index (Phi) is 5.71. The van der Waals surface area contributed by atoms with E-state index >= 15 is 0 Å². The van der Waals surface area contributed by atoms with Gasteiger partial charge in [0.1, 0.15) is 10.7 Å². The number of anilines is 1. The van der Waals surface area contributed by atoms with Crippen LogP contribution in [0, 0.1) is 5.82 Å². The Morgan fingerprint density at radius 1 is 1.32 bits per heavy atom. The Balaban J connectivity index is 2.79. The molecular formula is C12H19FN2O3S. The first-order valence-corrected chi connectivity index (χ1v) is 7.46. The summed E-state index contributed by atoms with van der Waals surface area (Å²) in [7, 11) is -2.43. The fourth-order valence-electron chi connectivity index (χ4n) is 1.64. The lowest BCUT2D eigenvalue weighted by atomic mass is 10.2. The molecule has 0 amide bonds. The van der Waals surface area contributed by atoms with Crippen molar-refractivity contribution in [3.8, 4) is 0 Å². The predicted octanol–water partition coefficient (Wildman–Crippen LogP) is 1.19. The van der Waals surface area contributed by atoms with Crippen LogP contribution in [0.2, 0.25) is 0 Å². The van der Waals surface area contributed by atoms with Gasteiger partial charge in [-0.15, -0.1) is 0 Å². The van der Waals surface area contributed by atoms with E-state index in [1.54, 1.807) is 0 Å². The van der Waals surface area contributed by atoms with Crippen LogP contribution in [-0.2, 0) is 10.0 Å². The van der Waals surface area contributed by atoms with Gasteiger partial charge in [-0.3, -0.25) is 0 Å². The van der Waals surface area contributed by atoms with Gasteiger partial charge in [0, 0.05) is 25.9 Å². The summed E-state index contributed by atoms with van der Waals surface area (Å²) in [6.07, 6.45) is 1.97. The number of nitrogen functional groups attached to an aromatic ring is 1. The second-order valence-electron chi connectivity index (χ2n) is 4.30. The van der Waals surface area contributed by atoms with Gasteiger partial charge >= 0.3 is 0 Å². The maximum absolute atomic E-state index is 13.6. The normalized spacial score (nSPS) is 12.0. The maximum atomic E-state index is 13.6. The molecule has 0 aromatic heterocycles. The molecule has 19 heavy (non-hydrogen) atoms. The SMILES string of the molecule is CN(CCCCCO)S(=O)(=O)c1ccc(N)cc1F. The number of hydrogen-bond donors (Lipinski definition) is 2. The zero-order chi connectivity index (χ0) is 14.5. The van der Waals surface area contributed by atoms with E-state index in [2.05, 4.69) is 0 Å². The predicted molar refractivity (Wildman–Crippen MR) is 71.6 cm³/mol. The number of nitrogens with zero attached hydrogens (tertiary/aromatic N) is 1. The van der Waals surface area contributed by atoms with Gasteiger partial charge in [-0.05, 0) is 37.5 Å². The molecule has 5 nitrogen and oxygen atoms in total. The molecule has 108 valence electrons. The Morgan fingerprint density at radius 3 is 2.58 bits per heavy atom. The highest BCUT2D eigenvalue weighted by molar-refractivity contribution is 7.89. The van der Waals surface area contributed by atoms with Crippen LogP contribution >= 0.6 is 0 Å². The molecule has 0 saturated heterocycles. The summed E-state index contributed by atoms with van der Waals surface area (Å²) >= 11 is 0. The van der Waals surface area contributed by atoms with Gasteiger partial charge in [-0.1, -0.05) is 0 Å². The van der Waals surface area contributed by atoms with Gasteiger partial charge in [0.15, 0.2) is 0 Å². The zero-order valence-corrected chi connectivity index (χ0v) is 11.7. The Hall–Kier alpha value is -1.18. The number of unbranched alkanes of at least 4 members (excludes halogenated alkanes) is 2. The van der Waals surface area contributed by atoms with Crippen LogP contribution in [0.4, 0.5) is 10.1 Å². The van der Waals surface area contributed by atoms with Crippen molar-refractivity contribution in [3.05, 3.63) is 24.0 Å². The molecule has 1 aromatic rings. The number of aliphatic hydroxyl groups excluding tert-OH is 1. The summed E-state index contributed by atoms with van der Waals surface area (Å²) in [5.41, 5.74) is 5.57. The third-order valence-electron chi connectivity index (χ3n) is 2.78. The molecule has 0 atom stereocenters. The van der Waals surface area contributed by atoms with E-state index in [1.165, 1.54) is 19.2 Å². The summed E-state index contributed by atoms with van der Waals surface area (Å²) in [6, 6.07) is 3.52. The average Bonchev–Trinajstić information content (AvgIpc) is 2.33. The fraction of sp³-hybridized carbons (Fsp3) is 0.500. The number of halogens is 1. The van der Waals surface area contributed by atoms with E-state index in [4.69, 9.17) is 10.8 Å². The molecule has 0 unspecified atom stereocenters. The van der Waals surface area contributed by atoms with Crippen LogP contribution in [0.3, 0.4) is 0 Å². The Morgan fingerprint density at radius 2 is 2.00 bits per heavy atom. The fourth-order valence-corrected chi connectivity index (χ4v) is 2.89. The number of nitrogens with two attached hydrogens (primary N) is 1. The molecule has 0 heterocycles. The molecule has 0 saturated carbocycles. The summed E-state index contributed by atoms with van der Waals surface area (Å²) in [6.45, 7) is 0.370. The van der Waals surface area contributed by atoms with Gasteiger partial charge in [-0.25, -0.2) is 17.1 Å². The Bertz CT molecular complexity index is 520. The van der Waals surface area contributed by atoms with E-state index in [-0.39, 0.29) is 23.7 Å². The molecule has 7 heteroatoms. The minimum absolute atomic E-state index is 0.0864. The second kappa shape index (κ2) is 6.83. The van der Waals surface area contributed by atoms with E-state index in [0.717, 1.165) is 16.8 Å². The summed E-state index contributed by atoms with van der Waals surface area (Å²) in [5.74, 6) is -0.845. The molecule has 0 bridgehead atoms. The molecular weight excluding hydrogens is 271 g/mol. The number of benzene rings is 1. The smallest absolute Gasteiger partial charge is 0.245 e.